The number of rotatable bonds is 36. The maximum Gasteiger partial charge on any atom is 0.220 e. The molecule has 4 nitrogen and oxygen atoms in total. The molecular formula is C44H79NO3. The molecule has 0 fully saturated rings. The molecule has 0 bridgehead atoms. The largest absolute Gasteiger partial charge is 0.394 e. The smallest absolute Gasteiger partial charge is 0.220 e. The zero-order chi connectivity index (χ0) is 35.0. The van der Waals surface area contributed by atoms with Crippen LogP contribution >= 0.6 is 0 Å². The predicted octanol–water partition coefficient (Wildman–Crippen LogP) is 12.6. The van der Waals surface area contributed by atoms with Gasteiger partial charge in [0.15, 0.2) is 0 Å². The Kier molecular flexibility index (Phi) is 38.0. The third kappa shape index (κ3) is 35.4. The van der Waals surface area contributed by atoms with Crippen molar-refractivity contribution >= 4 is 5.91 Å². The summed E-state index contributed by atoms with van der Waals surface area (Å²) in [7, 11) is 0. The van der Waals surface area contributed by atoms with E-state index in [1.807, 2.05) is 0 Å². The molecule has 0 rings (SSSR count). The van der Waals surface area contributed by atoms with Crippen LogP contribution in [0.1, 0.15) is 194 Å². The zero-order valence-electron chi connectivity index (χ0n) is 31.7. The Morgan fingerprint density at radius 2 is 0.917 bits per heavy atom. The Hall–Kier alpha value is -1.91. The van der Waals surface area contributed by atoms with Crippen molar-refractivity contribution in [2.45, 2.75) is 206 Å². The van der Waals surface area contributed by atoms with Crippen LogP contribution in [0.2, 0.25) is 0 Å². The van der Waals surface area contributed by atoms with Gasteiger partial charge in [-0.25, -0.2) is 0 Å². The van der Waals surface area contributed by atoms with Gasteiger partial charge in [0.25, 0.3) is 0 Å². The highest BCUT2D eigenvalue weighted by Crippen LogP contribution is 2.15. The molecule has 0 aliphatic rings. The lowest BCUT2D eigenvalue weighted by molar-refractivity contribution is -0.123. The minimum atomic E-state index is -0.662. The number of nitrogens with one attached hydrogen (secondary N) is 1. The fourth-order valence-corrected chi connectivity index (χ4v) is 5.92. The van der Waals surface area contributed by atoms with Crippen LogP contribution in [0.3, 0.4) is 0 Å². The zero-order valence-corrected chi connectivity index (χ0v) is 31.7. The van der Waals surface area contributed by atoms with Crippen LogP contribution in [0.5, 0.6) is 0 Å². The fraction of sp³-hybridized carbons (Fsp3) is 0.750. The number of amides is 1. The maximum atomic E-state index is 12.4. The molecule has 2 unspecified atom stereocenters. The molecule has 0 aromatic rings. The molecule has 48 heavy (non-hydrogen) atoms. The van der Waals surface area contributed by atoms with E-state index in [0.29, 0.717) is 12.8 Å². The first-order chi connectivity index (χ1) is 23.7. The summed E-state index contributed by atoms with van der Waals surface area (Å²) in [5.41, 5.74) is 0. The average Bonchev–Trinajstić information content (AvgIpc) is 3.09. The van der Waals surface area contributed by atoms with Gasteiger partial charge < -0.3 is 15.5 Å². The standard InChI is InChI=1S/C44H79NO3/c1-3-5-7-9-11-13-15-16-17-18-19-20-21-22-23-24-25-26-27-28-30-32-34-36-38-40-44(48)45-42(41-46)43(47)39-37-35-33-31-29-14-12-10-8-6-4-2/h5,7,11,13,16-17,19-20,22-23,42-43,46-47H,3-4,6,8-10,12,14-15,18,21,24-41H2,1-2H3,(H,45,48)/b7-5-,13-11-,17-16-,20-19-,23-22-. The quantitative estimate of drug-likeness (QED) is 0.0459. The molecule has 0 aromatic heterocycles. The van der Waals surface area contributed by atoms with Gasteiger partial charge in [0.2, 0.25) is 5.91 Å². The highest BCUT2D eigenvalue weighted by atomic mass is 16.3. The Labute approximate surface area is 298 Å². The van der Waals surface area contributed by atoms with Crippen molar-refractivity contribution in [1.29, 1.82) is 0 Å². The molecule has 2 atom stereocenters. The van der Waals surface area contributed by atoms with Crippen molar-refractivity contribution in [3.63, 3.8) is 0 Å². The first kappa shape index (κ1) is 46.1. The van der Waals surface area contributed by atoms with E-state index in [1.54, 1.807) is 0 Å². The van der Waals surface area contributed by atoms with Crippen molar-refractivity contribution < 1.29 is 15.0 Å². The number of hydrogen-bond donors (Lipinski definition) is 3. The Bertz CT molecular complexity index is 812. The molecule has 0 aromatic carbocycles. The SMILES string of the molecule is CC/C=C\C/C=C\C/C=C\C/C=C\C/C=C\CCCCCCCCCCCC(=O)NC(CO)C(O)CCCCCCCCCCCCC. The van der Waals surface area contributed by atoms with Gasteiger partial charge in [-0.15, -0.1) is 0 Å². The van der Waals surface area contributed by atoms with E-state index in [-0.39, 0.29) is 12.5 Å². The van der Waals surface area contributed by atoms with Crippen LogP contribution in [0.25, 0.3) is 0 Å². The lowest BCUT2D eigenvalue weighted by atomic mass is 10.0. The number of aliphatic hydroxyl groups is 2. The van der Waals surface area contributed by atoms with Crippen LogP contribution in [0, 0.1) is 0 Å². The third-order valence-corrected chi connectivity index (χ3v) is 9.04. The van der Waals surface area contributed by atoms with E-state index in [0.717, 1.165) is 57.8 Å². The number of allylic oxidation sites excluding steroid dienone is 10. The van der Waals surface area contributed by atoms with Crippen LogP contribution in [-0.4, -0.2) is 34.9 Å². The van der Waals surface area contributed by atoms with Crippen LogP contribution in [0.15, 0.2) is 60.8 Å². The summed E-state index contributed by atoms with van der Waals surface area (Å²) >= 11 is 0. The predicted molar refractivity (Wildman–Crippen MR) is 211 cm³/mol. The van der Waals surface area contributed by atoms with Crippen molar-refractivity contribution in [3.8, 4) is 0 Å². The molecule has 0 saturated carbocycles. The lowest BCUT2D eigenvalue weighted by Gasteiger charge is -2.22. The van der Waals surface area contributed by atoms with Gasteiger partial charge in [-0.2, -0.15) is 0 Å². The van der Waals surface area contributed by atoms with E-state index in [9.17, 15) is 15.0 Å². The van der Waals surface area contributed by atoms with Crippen LogP contribution in [0.4, 0.5) is 0 Å². The molecule has 1 amide bonds. The van der Waals surface area contributed by atoms with E-state index < -0.39 is 12.1 Å². The second-order valence-corrected chi connectivity index (χ2v) is 13.7. The summed E-state index contributed by atoms with van der Waals surface area (Å²) in [5, 5.41) is 23.1. The van der Waals surface area contributed by atoms with Gasteiger partial charge in [0.1, 0.15) is 0 Å². The maximum absolute atomic E-state index is 12.4. The number of carbonyl (C=O) groups excluding carboxylic acids is 1. The topological polar surface area (TPSA) is 69.6 Å². The summed E-state index contributed by atoms with van der Waals surface area (Å²) < 4.78 is 0. The van der Waals surface area contributed by atoms with E-state index in [4.69, 9.17) is 0 Å². The van der Waals surface area contributed by atoms with Gasteiger partial charge in [-0.1, -0.05) is 190 Å². The third-order valence-electron chi connectivity index (χ3n) is 9.04. The van der Waals surface area contributed by atoms with Gasteiger partial charge in [-0.3, -0.25) is 4.79 Å². The second-order valence-electron chi connectivity index (χ2n) is 13.7. The lowest BCUT2D eigenvalue weighted by Crippen LogP contribution is -2.45. The summed E-state index contributed by atoms with van der Waals surface area (Å²) in [6, 6.07) is -0.540. The monoisotopic (exact) mass is 670 g/mol. The van der Waals surface area contributed by atoms with Gasteiger partial charge in [-0.05, 0) is 57.8 Å². The van der Waals surface area contributed by atoms with Gasteiger partial charge in [0.05, 0.1) is 18.8 Å². The molecule has 0 spiro atoms. The summed E-state index contributed by atoms with van der Waals surface area (Å²) in [6.07, 6.45) is 54.3. The molecule has 0 heterocycles. The van der Waals surface area contributed by atoms with E-state index >= 15 is 0 Å². The molecular weight excluding hydrogens is 590 g/mol. The Morgan fingerprint density at radius 3 is 1.38 bits per heavy atom. The first-order valence-electron chi connectivity index (χ1n) is 20.5. The summed E-state index contributed by atoms with van der Waals surface area (Å²) in [4.78, 5) is 12.4. The summed E-state index contributed by atoms with van der Waals surface area (Å²) in [6.45, 7) is 4.22. The van der Waals surface area contributed by atoms with Gasteiger partial charge >= 0.3 is 0 Å². The van der Waals surface area contributed by atoms with E-state index in [2.05, 4.69) is 79.9 Å². The van der Waals surface area contributed by atoms with Crippen molar-refractivity contribution in [2.75, 3.05) is 6.61 Å². The van der Waals surface area contributed by atoms with Crippen molar-refractivity contribution in [1.82, 2.24) is 5.32 Å². The number of aliphatic hydroxyl groups excluding tert-OH is 2. The summed E-state index contributed by atoms with van der Waals surface area (Å²) in [5.74, 6) is -0.0421. The highest BCUT2D eigenvalue weighted by Gasteiger charge is 2.19. The molecule has 0 saturated heterocycles. The molecule has 0 radical (unpaired) electrons. The number of hydrogen-bond acceptors (Lipinski definition) is 3. The minimum absolute atomic E-state index is 0.0421. The molecule has 0 aliphatic heterocycles. The number of unbranched alkanes of at least 4 members (excludes halogenated alkanes) is 19. The van der Waals surface area contributed by atoms with Crippen molar-refractivity contribution in [3.05, 3.63) is 60.8 Å². The minimum Gasteiger partial charge on any atom is -0.394 e. The Morgan fingerprint density at radius 1 is 0.521 bits per heavy atom. The average molecular weight is 670 g/mol. The second kappa shape index (κ2) is 39.5. The van der Waals surface area contributed by atoms with Crippen LogP contribution < -0.4 is 5.32 Å². The molecule has 278 valence electrons. The Balaban J connectivity index is 3.57. The van der Waals surface area contributed by atoms with E-state index in [1.165, 1.54) is 109 Å². The van der Waals surface area contributed by atoms with Gasteiger partial charge in [0, 0.05) is 6.42 Å². The van der Waals surface area contributed by atoms with Crippen LogP contribution in [-0.2, 0) is 4.79 Å². The fourth-order valence-electron chi connectivity index (χ4n) is 5.92. The number of carbonyl (C=O) groups is 1. The molecule has 3 N–H and O–H groups in total. The first-order valence-corrected chi connectivity index (χ1v) is 20.5. The molecule has 0 aliphatic carbocycles. The highest BCUT2D eigenvalue weighted by molar-refractivity contribution is 5.76. The molecule has 4 heteroatoms. The van der Waals surface area contributed by atoms with Crippen molar-refractivity contribution in [2.24, 2.45) is 0 Å². The normalized spacial score (nSPS) is 13.7.